The van der Waals surface area contributed by atoms with Crippen LogP contribution in [0.4, 0.5) is 5.69 Å². The Hall–Kier alpha value is -2.71. The Labute approximate surface area is 152 Å². The molecule has 2 aromatic rings. The van der Waals surface area contributed by atoms with Gasteiger partial charge in [0, 0.05) is 24.4 Å². The third kappa shape index (κ3) is 5.68. The summed E-state index contributed by atoms with van der Waals surface area (Å²) in [5, 5.41) is 2.66. The predicted molar refractivity (Wildman–Crippen MR) is 99.1 cm³/mol. The van der Waals surface area contributed by atoms with Crippen LogP contribution in [-0.4, -0.2) is 37.7 Å². The molecule has 1 N–H and O–H groups in total. The molecule has 0 aliphatic rings. The van der Waals surface area contributed by atoms with Crippen LogP contribution < -0.4 is 5.32 Å². The zero-order valence-corrected chi connectivity index (χ0v) is 15.5. The van der Waals surface area contributed by atoms with Crippen molar-refractivity contribution in [3.8, 4) is 0 Å². The largest absolute Gasteiger partial charge is 0.460 e. The molecule has 0 spiro atoms. The minimum Gasteiger partial charge on any atom is -0.460 e. The minimum atomic E-state index is -3.29. The van der Waals surface area contributed by atoms with E-state index in [1.807, 2.05) is 0 Å². The first-order valence-corrected chi connectivity index (χ1v) is 9.60. The lowest BCUT2D eigenvalue weighted by Crippen LogP contribution is -2.24. The van der Waals surface area contributed by atoms with E-state index >= 15 is 0 Å². The third-order valence-electron chi connectivity index (χ3n) is 3.56. The summed E-state index contributed by atoms with van der Waals surface area (Å²) < 4.78 is 29.4. The maximum Gasteiger partial charge on any atom is 0.248 e. The van der Waals surface area contributed by atoms with E-state index in [4.69, 9.17) is 4.42 Å². The van der Waals surface area contributed by atoms with E-state index < -0.39 is 10.0 Å². The molecule has 2 rings (SSSR count). The van der Waals surface area contributed by atoms with Crippen LogP contribution in [0.5, 0.6) is 0 Å². The molecule has 0 saturated carbocycles. The normalized spacial score (nSPS) is 11.8. The SMILES string of the molecule is CC(=O)c1cccc(NC(=O)/C=C/c2ccc(CN(C)S(C)(=O)=O)o2)c1. The lowest BCUT2D eigenvalue weighted by atomic mass is 10.1. The zero-order valence-electron chi connectivity index (χ0n) is 14.7. The summed E-state index contributed by atoms with van der Waals surface area (Å²) in [7, 11) is -1.84. The van der Waals surface area contributed by atoms with Gasteiger partial charge in [0.1, 0.15) is 11.5 Å². The van der Waals surface area contributed by atoms with Crippen LogP contribution in [-0.2, 0) is 21.4 Å². The number of nitrogens with one attached hydrogen (secondary N) is 1. The van der Waals surface area contributed by atoms with Crippen molar-refractivity contribution in [1.29, 1.82) is 0 Å². The zero-order chi connectivity index (χ0) is 19.3. The number of ketones is 1. The van der Waals surface area contributed by atoms with Gasteiger partial charge in [0.25, 0.3) is 0 Å². The second-order valence-electron chi connectivity index (χ2n) is 5.78. The first-order chi connectivity index (χ1) is 12.1. The van der Waals surface area contributed by atoms with Gasteiger partial charge in [-0.2, -0.15) is 4.31 Å². The molecule has 138 valence electrons. The highest BCUT2D eigenvalue weighted by atomic mass is 32.2. The van der Waals surface area contributed by atoms with Gasteiger partial charge in [-0.3, -0.25) is 9.59 Å². The highest BCUT2D eigenvalue weighted by Gasteiger charge is 2.13. The molecular weight excluding hydrogens is 356 g/mol. The lowest BCUT2D eigenvalue weighted by Gasteiger charge is -2.11. The quantitative estimate of drug-likeness (QED) is 0.592. The number of hydrogen-bond donors (Lipinski definition) is 1. The fraction of sp³-hybridized carbons (Fsp3) is 0.222. The Morgan fingerprint density at radius 3 is 2.62 bits per heavy atom. The number of Topliss-reactive ketones (excluding diaryl/α,β-unsaturated/α-hetero) is 1. The van der Waals surface area contributed by atoms with Gasteiger partial charge < -0.3 is 9.73 Å². The highest BCUT2D eigenvalue weighted by Crippen LogP contribution is 2.14. The second kappa shape index (κ2) is 8.11. The van der Waals surface area contributed by atoms with Crippen molar-refractivity contribution < 1.29 is 22.4 Å². The molecule has 26 heavy (non-hydrogen) atoms. The van der Waals surface area contributed by atoms with E-state index in [2.05, 4.69) is 5.32 Å². The minimum absolute atomic E-state index is 0.0844. The van der Waals surface area contributed by atoms with Crippen LogP contribution in [0.15, 0.2) is 46.9 Å². The number of benzene rings is 1. The number of sulfonamides is 1. The van der Waals surface area contributed by atoms with Gasteiger partial charge in [-0.1, -0.05) is 12.1 Å². The van der Waals surface area contributed by atoms with Crippen LogP contribution in [0, 0.1) is 0 Å². The number of carbonyl (C=O) groups excluding carboxylic acids is 2. The number of furan rings is 1. The van der Waals surface area contributed by atoms with Crippen molar-refractivity contribution in [3.05, 3.63) is 59.6 Å². The number of anilines is 1. The Balaban J connectivity index is 1.98. The van der Waals surface area contributed by atoms with Crippen molar-refractivity contribution in [3.63, 3.8) is 0 Å². The number of carbonyl (C=O) groups is 2. The lowest BCUT2D eigenvalue weighted by molar-refractivity contribution is -0.111. The first kappa shape index (κ1) is 19.6. The van der Waals surface area contributed by atoms with Crippen molar-refractivity contribution >= 4 is 33.5 Å². The summed E-state index contributed by atoms with van der Waals surface area (Å²) in [4.78, 5) is 23.3. The van der Waals surface area contributed by atoms with E-state index in [0.717, 1.165) is 10.6 Å². The summed E-state index contributed by atoms with van der Waals surface area (Å²) in [5.41, 5.74) is 1.03. The smallest absolute Gasteiger partial charge is 0.248 e. The highest BCUT2D eigenvalue weighted by molar-refractivity contribution is 7.88. The Morgan fingerprint density at radius 2 is 1.96 bits per heavy atom. The average Bonchev–Trinajstić information content (AvgIpc) is 3.00. The molecule has 0 bridgehead atoms. The van der Waals surface area contributed by atoms with Crippen molar-refractivity contribution in [2.24, 2.45) is 0 Å². The standard InChI is InChI=1S/C18H20N2O5S/c1-13(21)14-5-4-6-15(11-14)19-18(22)10-9-16-7-8-17(25-16)12-20(2)26(3,23)24/h4-11H,12H2,1-3H3,(H,19,22)/b10-9+. The molecule has 1 aromatic heterocycles. The van der Waals surface area contributed by atoms with Gasteiger partial charge in [0.2, 0.25) is 15.9 Å². The van der Waals surface area contributed by atoms with E-state index in [1.54, 1.807) is 36.4 Å². The molecule has 0 radical (unpaired) electrons. The maximum atomic E-state index is 12.0. The number of hydrogen-bond acceptors (Lipinski definition) is 5. The summed E-state index contributed by atoms with van der Waals surface area (Å²) in [5.74, 6) is 0.428. The topological polar surface area (TPSA) is 96.7 Å². The van der Waals surface area contributed by atoms with Crippen LogP contribution in [0.3, 0.4) is 0 Å². The monoisotopic (exact) mass is 376 g/mol. The van der Waals surface area contributed by atoms with Gasteiger partial charge >= 0.3 is 0 Å². The molecule has 0 unspecified atom stereocenters. The van der Waals surface area contributed by atoms with E-state index in [9.17, 15) is 18.0 Å². The van der Waals surface area contributed by atoms with E-state index in [-0.39, 0.29) is 18.2 Å². The summed E-state index contributed by atoms with van der Waals surface area (Å²) >= 11 is 0. The fourth-order valence-electron chi connectivity index (χ4n) is 2.06. The van der Waals surface area contributed by atoms with Gasteiger partial charge in [-0.15, -0.1) is 0 Å². The number of rotatable bonds is 7. The first-order valence-electron chi connectivity index (χ1n) is 7.75. The second-order valence-corrected chi connectivity index (χ2v) is 7.87. The van der Waals surface area contributed by atoms with Crippen LogP contribution >= 0.6 is 0 Å². The molecule has 1 heterocycles. The van der Waals surface area contributed by atoms with E-state index in [1.165, 1.54) is 26.1 Å². The van der Waals surface area contributed by atoms with Crippen molar-refractivity contribution in [1.82, 2.24) is 4.31 Å². The Kier molecular flexibility index (Phi) is 6.12. The fourth-order valence-corrected chi connectivity index (χ4v) is 2.43. The molecular formula is C18H20N2O5S. The maximum absolute atomic E-state index is 12.0. The molecule has 0 atom stereocenters. The predicted octanol–water partition coefficient (Wildman–Crippen LogP) is 2.53. The van der Waals surface area contributed by atoms with Crippen LogP contribution in [0.1, 0.15) is 28.8 Å². The number of nitrogens with zero attached hydrogens (tertiary/aromatic N) is 1. The van der Waals surface area contributed by atoms with Gasteiger partial charge in [-0.05, 0) is 37.3 Å². The molecule has 0 aliphatic heterocycles. The van der Waals surface area contributed by atoms with Crippen molar-refractivity contribution in [2.45, 2.75) is 13.5 Å². The molecule has 8 heteroatoms. The molecule has 7 nitrogen and oxygen atoms in total. The van der Waals surface area contributed by atoms with Crippen LogP contribution in [0.2, 0.25) is 0 Å². The number of amides is 1. The summed E-state index contributed by atoms with van der Waals surface area (Å²) in [6, 6.07) is 9.93. The molecule has 0 fully saturated rings. The molecule has 1 aromatic carbocycles. The molecule has 1 amide bonds. The van der Waals surface area contributed by atoms with E-state index in [0.29, 0.717) is 22.8 Å². The molecule has 0 saturated heterocycles. The van der Waals surface area contributed by atoms with Gasteiger partial charge in [0.15, 0.2) is 5.78 Å². The Morgan fingerprint density at radius 1 is 1.23 bits per heavy atom. The van der Waals surface area contributed by atoms with Crippen LogP contribution in [0.25, 0.3) is 6.08 Å². The summed E-state index contributed by atoms with van der Waals surface area (Å²) in [6.45, 7) is 1.56. The van der Waals surface area contributed by atoms with Crippen molar-refractivity contribution in [2.75, 3.05) is 18.6 Å². The average molecular weight is 376 g/mol. The Bertz CT molecular complexity index is 944. The third-order valence-corrected chi connectivity index (χ3v) is 4.82. The van der Waals surface area contributed by atoms with Gasteiger partial charge in [-0.25, -0.2) is 8.42 Å². The molecule has 0 aliphatic carbocycles. The summed E-state index contributed by atoms with van der Waals surface area (Å²) in [6.07, 6.45) is 3.89. The van der Waals surface area contributed by atoms with Gasteiger partial charge in [0.05, 0.1) is 12.8 Å².